The van der Waals surface area contributed by atoms with Gasteiger partial charge in [0.2, 0.25) is 0 Å². The largest absolute Gasteiger partial charge is 0.256 e. The van der Waals surface area contributed by atoms with E-state index in [1.165, 1.54) is 31.5 Å². The number of nitrogens with zero attached hydrogens (tertiary/aromatic N) is 2. The molecule has 1 aromatic heterocycles. The van der Waals surface area contributed by atoms with E-state index in [4.69, 9.17) is 0 Å². The minimum atomic E-state index is 1.09. The Hall–Kier alpha value is -0.790. The van der Waals surface area contributed by atoms with Crippen molar-refractivity contribution >= 4 is 0 Å². The zero-order valence-corrected chi connectivity index (χ0v) is 9.79. The molecule has 0 aliphatic rings. The van der Waals surface area contributed by atoms with E-state index >= 15 is 0 Å². The summed E-state index contributed by atoms with van der Waals surface area (Å²) in [6.45, 7) is 8.86. The molecule has 0 amide bonds. The number of aryl methyl sites for hydroxylation is 2. The summed E-state index contributed by atoms with van der Waals surface area (Å²) in [4.78, 5) is 0. The summed E-state index contributed by atoms with van der Waals surface area (Å²) >= 11 is 0. The van der Waals surface area contributed by atoms with E-state index in [1.54, 1.807) is 0 Å². The van der Waals surface area contributed by atoms with Crippen molar-refractivity contribution in [3.8, 4) is 0 Å². The van der Waals surface area contributed by atoms with Gasteiger partial charge in [0.1, 0.15) is 12.4 Å². The number of imidazole rings is 1. The topological polar surface area (TPSA) is 8.81 Å². The minimum Gasteiger partial charge on any atom is -0.235 e. The zero-order valence-electron chi connectivity index (χ0n) is 9.79. The minimum absolute atomic E-state index is 1.09. The lowest BCUT2D eigenvalue weighted by atomic mass is 10.2. The molecule has 1 rings (SSSR count). The Morgan fingerprint density at radius 2 is 2.00 bits per heavy atom. The number of hydrogen-bond acceptors (Lipinski definition) is 0. The number of aromatic nitrogens is 2. The second kappa shape index (κ2) is 5.84. The molecule has 0 aliphatic heterocycles. The Morgan fingerprint density at radius 1 is 1.21 bits per heavy atom. The fourth-order valence-corrected chi connectivity index (χ4v) is 1.89. The summed E-state index contributed by atoms with van der Waals surface area (Å²) in [5, 5.41) is 0. The SMILES string of the molecule is CCCCCc1n(CC)cc[n+]1CC. The van der Waals surface area contributed by atoms with Gasteiger partial charge in [-0.25, -0.2) is 9.13 Å². The number of unbranched alkanes of at least 4 members (excludes halogenated alkanes) is 2. The van der Waals surface area contributed by atoms with Crippen molar-refractivity contribution in [2.75, 3.05) is 0 Å². The highest BCUT2D eigenvalue weighted by Crippen LogP contribution is 2.03. The standard InChI is InChI=1S/C12H23N2/c1-4-7-8-9-12-13(5-2)10-11-14(12)6-3/h10-11H,4-9H2,1-3H3/q+1. The van der Waals surface area contributed by atoms with Crippen molar-refractivity contribution in [2.45, 2.75) is 59.5 Å². The Morgan fingerprint density at radius 3 is 2.57 bits per heavy atom. The maximum atomic E-state index is 2.36. The van der Waals surface area contributed by atoms with Gasteiger partial charge in [0.15, 0.2) is 0 Å². The number of rotatable bonds is 6. The summed E-state index contributed by atoms with van der Waals surface area (Å²) in [6, 6.07) is 0. The Balaban J connectivity index is 2.65. The monoisotopic (exact) mass is 195 g/mol. The summed E-state index contributed by atoms with van der Waals surface area (Å²) in [7, 11) is 0. The average Bonchev–Trinajstić information content (AvgIpc) is 2.60. The van der Waals surface area contributed by atoms with Gasteiger partial charge in [0.05, 0.1) is 13.1 Å². The normalized spacial score (nSPS) is 10.8. The van der Waals surface area contributed by atoms with Gasteiger partial charge in [-0.05, 0) is 20.3 Å². The van der Waals surface area contributed by atoms with Crippen molar-refractivity contribution in [1.82, 2.24) is 4.57 Å². The van der Waals surface area contributed by atoms with E-state index in [1.807, 2.05) is 0 Å². The molecule has 0 atom stereocenters. The van der Waals surface area contributed by atoms with Crippen LogP contribution in [0, 0.1) is 0 Å². The third kappa shape index (κ3) is 2.60. The molecule has 0 unspecified atom stereocenters. The molecule has 1 aromatic rings. The Kier molecular flexibility index (Phi) is 4.71. The summed E-state index contributed by atoms with van der Waals surface area (Å²) in [5.74, 6) is 1.49. The van der Waals surface area contributed by atoms with Gasteiger partial charge in [-0.3, -0.25) is 0 Å². The maximum Gasteiger partial charge on any atom is 0.256 e. The Labute approximate surface area is 87.6 Å². The highest BCUT2D eigenvalue weighted by atomic mass is 15.1. The second-order valence-electron chi connectivity index (χ2n) is 3.74. The molecule has 1 heterocycles. The van der Waals surface area contributed by atoms with Crippen molar-refractivity contribution < 1.29 is 4.57 Å². The first-order chi connectivity index (χ1) is 6.83. The molecule has 0 bridgehead atoms. The van der Waals surface area contributed by atoms with E-state index in [2.05, 4.69) is 42.3 Å². The van der Waals surface area contributed by atoms with Gasteiger partial charge in [-0.1, -0.05) is 19.8 Å². The molecule has 0 fully saturated rings. The molecule has 80 valence electrons. The van der Waals surface area contributed by atoms with Crippen molar-refractivity contribution in [3.05, 3.63) is 18.2 Å². The lowest BCUT2D eigenvalue weighted by Crippen LogP contribution is -2.35. The summed E-state index contributed by atoms with van der Waals surface area (Å²) in [5.41, 5.74) is 0. The predicted octanol–water partition coefficient (Wildman–Crippen LogP) is 2.55. The van der Waals surface area contributed by atoms with Gasteiger partial charge in [-0.15, -0.1) is 0 Å². The summed E-state index contributed by atoms with van der Waals surface area (Å²) in [6.07, 6.45) is 9.59. The van der Waals surface area contributed by atoms with E-state index < -0.39 is 0 Å². The molecule has 0 saturated heterocycles. The lowest BCUT2D eigenvalue weighted by molar-refractivity contribution is -0.700. The molecular weight excluding hydrogens is 172 g/mol. The molecule has 0 aliphatic carbocycles. The van der Waals surface area contributed by atoms with E-state index in [-0.39, 0.29) is 0 Å². The van der Waals surface area contributed by atoms with Crippen molar-refractivity contribution in [3.63, 3.8) is 0 Å². The van der Waals surface area contributed by atoms with Gasteiger partial charge in [0.25, 0.3) is 5.82 Å². The molecule has 0 spiro atoms. The van der Waals surface area contributed by atoms with Gasteiger partial charge in [-0.2, -0.15) is 0 Å². The maximum absolute atomic E-state index is 2.36. The number of hydrogen-bond donors (Lipinski definition) is 0. The highest BCUT2D eigenvalue weighted by molar-refractivity contribution is 4.83. The van der Waals surface area contributed by atoms with Gasteiger partial charge in [0, 0.05) is 6.42 Å². The van der Waals surface area contributed by atoms with Crippen LogP contribution >= 0.6 is 0 Å². The van der Waals surface area contributed by atoms with Gasteiger partial charge < -0.3 is 0 Å². The zero-order chi connectivity index (χ0) is 10.4. The van der Waals surface area contributed by atoms with Crippen LogP contribution in [0.2, 0.25) is 0 Å². The molecule has 0 aromatic carbocycles. The average molecular weight is 195 g/mol. The molecule has 2 nitrogen and oxygen atoms in total. The first-order valence-electron chi connectivity index (χ1n) is 5.90. The first-order valence-corrected chi connectivity index (χ1v) is 5.90. The molecule has 0 radical (unpaired) electrons. The fourth-order valence-electron chi connectivity index (χ4n) is 1.89. The first kappa shape index (κ1) is 11.3. The second-order valence-corrected chi connectivity index (χ2v) is 3.74. The van der Waals surface area contributed by atoms with Crippen LogP contribution in [0.15, 0.2) is 12.4 Å². The van der Waals surface area contributed by atoms with Crippen LogP contribution in [0.25, 0.3) is 0 Å². The van der Waals surface area contributed by atoms with E-state index in [0.29, 0.717) is 0 Å². The van der Waals surface area contributed by atoms with E-state index in [9.17, 15) is 0 Å². The van der Waals surface area contributed by atoms with Crippen LogP contribution in [0.1, 0.15) is 45.9 Å². The molecular formula is C12H23N2+. The van der Waals surface area contributed by atoms with E-state index in [0.717, 1.165) is 13.1 Å². The van der Waals surface area contributed by atoms with Crippen LogP contribution in [0.4, 0.5) is 0 Å². The third-order valence-corrected chi connectivity index (χ3v) is 2.77. The predicted molar refractivity (Wildman–Crippen MR) is 59.2 cm³/mol. The van der Waals surface area contributed by atoms with Crippen LogP contribution in [-0.2, 0) is 19.5 Å². The Bertz CT molecular complexity index is 242. The third-order valence-electron chi connectivity index (χ3n) is 2.77. The van der Waals surface area contributed by atoms with Crippen LogP contribution in [0.5, 0.6) is 0 Å². The van der Waals surface area contributed by atoms with Crippen LogP contribution in [-0.4, -0.2) is 4.57 Å². The van der Waals surface area contributed by atoms with Crippen molar-refractivity contribution in [2.24, 2.45) is 0 Å². The lowest BCUT2D eigenvalue weighted by Gasteiger charge is -2.01. The van der Waals surface area contributed by atoms with Gasteiger partial charge >= 0.3 is 0 Å². The highest BCUT2D eigenvalue weighted by Gasteiger charge is 2.13. The fraction of sp³-hybridized carbons (Fsp3) is 0.750. The van der Waals surface area contributed by atoms with Crippen LogP contribution < -0.4 is 4.57 Å². The molecule has 0 saturated carbocycles. The molecule has 14 heavy (non-hydrogen) atoms. The molecule has 0 N–H and O–H groups in total. The quantitative estimate of drug-likeness (QED) is 0.487. The smallest absolute Gasteiger partial charge is 0.235 e. The molecule has 2 heteroatoms. The van der Waals surface area contributed by atoms with Crippen LogP contribution in [0.3, 0.4) is 0 Å². The van der Waals surface area contributed by atoms with Crippen molar-refractivity contribution in [1.29, 1.82) is 0 Å². The summed E-state index contributed by atoms with van der Waals surface area (Å²) < 4.78 is 4.72.